The zero-order chi connectivity index (χ0) is 15.1. The molecule has 0 saturated heterocycles. The van der Waals surface area contributed by atoms with Gasteiger partial charge in [-0.3, -0.25) is 0 Å². The van der Waals surface area contributed by atoms with E-state index in [9.17, 15) is 0 Å². The van der Waals surface area contributed by atoms with E-state index in [1.54, 1.807) is 0 Å². The van der Waals surface area contributed by atoms with Crippen molar-refractivity contribution in [3.05, 3.63) is 0 Å². The first-order chi connectivity index (χ1) is 10.2. The van der Waals surface area contributed by atoms with Gasteiger partial charge in [0.25, 0.3) is 0 Å². The number of rotatable bonds is 7. The Labute approximate surface area is 133 Å². The third-order valence-electron chi connectivity index (χ3n) is 6.47. The Morgan fingerprint density at radius 2 is 1.57 bits per heavy atom. The summed E-state index contributed by atoms with van der Waals surface area (Å²) >= 11 is 0. The minimum Gasteiger partial charge on any atom is -0.328 e. The standard InChI is InChI=1S/C20H39N/c1-3-5-18(19-12-14-20(21)15-13-19)7-4-6-17-10-8-16(2)9-11-17/h16-20H,3-15,21H2,1-2H3. The summed E-state index contributed by atoms with van der Waals surface area (Å²) in [5, 5.41) is 0. The lowest BCUT2D eigenvalue weighted by molar-refractivity contribution is 0.198. The first kappa shape index (κ1) is 17.3. The molecule has 0 radical (unpaired) electrons. The van der Waals surface area contributed by atoms with E-state index in [-0.39, 0.29) is 0 Å². The van der Waals surface area contributed by atoms with Crippen molar-refractivity contribution in [1.82, 2.24) is 0 Å². The van der Waals surface area contributed by atoms with Crippen LogP contribution in [0, 0.1) is 23.7 Å². The molecule has 1 heteroatoms. The van der Waals surface area contributed by atoms with Crippen molar-refractivity contribution in [3.8, 4) is 0 Å². The van der Waals surface area contributed by atoms with Crippen LogP contribution in [0.4, 0.5) is 0 Å². The fraction of sp³-hybridized carbons (Fsp3) is 1.00. The van der Waals surface area contributed by atoms with Gasteiger partial charge < -0.3 is 5.73 Å². The third-order valence-corrected chi connectivity index (χ3v) is 6.47. The van der Waals surface area contributed by atoms with Crippen LogP contribution in [0.25, 0.3) is 0 Å². The lowest BCUT2D eigenvalue weighted by Gasteiger charge is -2.33. The molecule has 0 aliphatic heterocycles. The monoisotopic (exact) mass is 293 g/mol. The fourth-order valence-corrected chi connectivity index (χ4v) is 4.89. The zero-order valence-electron chi connectivity index (χ0n) is 14.7. The first-order valence-electron chi connectivity index (χ1n) is 9.94. The van der Waals surface area contributed by atoms with E-state index in [1.807, 2.05) is 0 Å². The van der Waals surface area contributed by atoms with Crippen LogP contribution >= 0.6 is 0 Å². The lowest BCUT2D eigenvalue weighted by atomic mass is 9.74. The van der Waals surface area contributed by atoms with Gasteiger partial charge in [0.2, 0.25) is 0 Å². The molecule has 2 aliphatic carbocycles. The van der Waals surface area contributed by atoms with Crippen LogP contribution in [0.2, 0.25) is 0 Å². The van der Waals surface area contributed by atoms with Gasteiger partial charge in [-0.15, -0.1) is 0 Å². The van der Waals surface area contributed by atoms with Crippen molar-refractivity contribution >= 4 is 0 Å². The molecular formula is C20H39N. The molecule has 0 aromatic carbocycles. The summed E-state index contributed by atoms with van der Waals surface area (Å²) in [5.74, 6) is 4.06. The molecule has 21 heavy (non-hydrogen) atoms. The van der Waals surface area contributed by atoms with Crippen LogP contribution in [-0.2, 0) is 0 Å². The Kier molecular flexibility index (Phi) is 7.57. The van der Waals surface area contributed by atoms with Gasteiger partial charge in [-0.1, -0.05) is 71.6 Å². The average Bonchev–Trinajstić information content (AvgIpc) is 2.49. The van der Waals surface area contributed by atoms with Crippen molar-refractivity contribution in [2.45, 2.75) is 103 Å². The molecule has 2 fully saturated rings. The Bertz CT molecular complexity index is 259. The maximum absolute atomic E-state index is 6.08. The van der Waals surface area contributed by atoms with Crippen LogP contribution in [0.1, 0.15) is 97.3 Å². The summed E-state index contributed by atoms with van der Waals surface area (Å²) in [5.41, 5.74) is 6.08. The highest BCUT2D eigenvalue weighted by atomic mass is 14.6. The maximum Gasteiger partial charge on any atom is 0.00390 e. The predicted octanol–water partition coefficient (Wildman–Crippen LogP) is 5.92. The van der Waals surface area contributed by atoms with Gasteiger partial charge in [0.15, 0.2) is 0 Å². The normalized spacial score (nSPS) is 35.6. The van der Waals surface area contributed by atoms with Gasteiger partial charge in [-0.25, -0.2) is 0 Å². The topological polar surface area (TPSA) is 26.0 Å². The third kappa shape index (κ3) is 5.93. The van der Waals surface area contributed by atoms with Crippen LogP contribution in [0.5, 0.6) is 0 Å². The summed E-state index contributed by atoms with van der Waals surface area (Å²) < 4.78 is 0. The number of nitrogens with two attached hydrogens (primary N) is 1. The summed E-state index contributed by atoms with van der Waals surface area (Å²) in [6, 6.07) is 0.507. The summed E-state index contributed by atoms with van der Waals surface area (Å²) in [6.45, 7) is 4.80. The van der Waals surface area contributed by atoms with E-state index in [1.165, 1.54) is 83.5 Å². The highest BCUT2D eigenvalue weighted by Gasteiger charge is 2.26. The molecule has 0 aromatic rings. The van der Waals surface area contributed by atoms with Crippen molar-refractivity contribution in [2.75, 3.05) is 0 Å². The second-order valence-electron chi connectivity index (χ2n) is 8.28. The molecule has 0 heterocycles. The summed E-state index contributed by atoms with van der Waals surface area (Å²) in [6.07, 6.45) is 18.7. The van der Waals surface area contributed by atoms with Gasteiger partial charge in [0.05, 0.1) is 0 Å². The van der Waals surface area contributed by atoms with Crippen molar-refractivity contribution in [3.63, 3.8) is 0 Å². The first-order valence-corrected chi connectivity index (χ1v) is 9.94. The van der Waals surface area contributed by atoms with E-state index in [0.29, 0.717) is 6.04 Å². The van der Waals surface area contributed by atoms with Gasteiger partial charge in [-0.05, 0) is 49.4 Å². The van der Waals surface area contributed by atoms with Gasteiger partial charge in [-0.2, -0.15) is 0 Å². The Morgan fingerprint density at radius 1 is 0.905 bits per heavy atom. The highest BCUT2D eigenvalue weighted by molar-refractivity contribution is 4.80. The molecule has 124 valence electrons. The van der Waals surface area contributed by atoms with Crippen LogP contribution in [0.3, 0.4) is 0 Å². The van der Waals surface area contributed by atoms with Gasteiger partial charge >= 0.3 is 0 Å². The molecule has 0 amide bonds. The van der Waals surface area contributed by atoms with E-state index >= 15 is 0 Å². The van der Waals surface area contributed by atoms with E-state index in [4.69, 9.17) is 5.73 Å². The smallest absolute Gasteiger partial charge is 0.00390 e. The fourth-order valence-electron chi connectivity index (χ4n) is 4.89. The zero-order valence-corrected chi connectivity index (χ0v) is 14.7. The summed E-state index contributed by atoms with van der Waals surface area (Å²) in [4.78, 5) is 0. The molecular weight excluding hydrogens is 254 g/mol. The van der Waals surface area contributed by atoms with Crippen LogP contribution in [-0.4, -0.2) is 6.04 Å². The molecule has 1 atom stereocenters. The minimum absolute atomic E-state index is 0.507. The average molecular weight is 294 g/mol. The van der Waals surface area contributed by atoms with Gasteiger partial charge in [0.1, 0.15) is 0 Å². The largest absolute Gasteiger partial charge is 0.328 e. The molecule has 1 nitrogen and oxygen atoms in total. The molecule has 2 aliphatic rings. The second-order valence-corrected chi connectivity index (χ2v) is 8.28. The van der Waals surface area contributed by atoms with Crippen LogP contribution < -0.4 is 5.73 Å². The number of hydrogen-bond donors (Lipinski definition) is 1. The molecule has 1 unspecified atom stereocenters. The number of hydrogen-bond acceptors (Lipinski definition) is 1. The molecule has 0 aromatic heterocycles. The molecule has 2 rings (SSSR count). The van der Waals surface area contributed by atoms with Crippen molar-refractivity contribution in [2.24, 2.45) is 29.4 Å². The highest BCUT2D eigenvalue weighted by Crippen LogP contribution is 2.37. The molecule has 0 spiro atoms. The summed E-state index contributed by atoms with van der Waals surface area (Å²) in [7, 11) is 0. The van der Waals surface area contributed by atoms with Crippen LogP contribution in [0.15, 0.2) is 0 Å². The molecule has 2 N–H and O–H groups in total. The quantitative estimate of drug-likeness (QED) is 0.619. The second kappa shape index (κ2) is 9.18. The van der Waals surface area contributed by atoms with E-state index < -0.39 is 0 Å². The SMILES string of the molecule is CCCC(CCCC1CCC(C)CC1)C1CCC(N)CC1. The Balaban J connectivity index is 1.67. The van der Waals surface area contributed by atoms with E-state index in [0.717, 1.165) is 23.7 Å². The molecule has 2 saturated carbocycles. The van der Waals surface area contributed by atoms with Gasteiger partial charge in [0, 0.05) is 6.04 Å². The Morgan fingerprint density at radius 3 is 2.19 bits per heavy atom. The predicted molar refractivity (Wildman–Crippen MR) is 93.3 cm³/mol. The lowest BCUT2D eigenvalue weighted by Crippen LogP contribution is -2.29. The van der Waals surface area contributed by atoms with Crippen molar-refractivity contribution in [1.29, 1.82) is 0 Å². The minimum atomic E-state index is 0.507. The maximum atomic E-state index is 6.08. The molecule has 0 bridgehead atoms. The van der Waals surface area contributed by atoms with Crippen molar-refractivity contribution < 1.29 is 0 Å². The van der Waals surface area contributed by atoms with E-state index in [2.05, 4.69) is 13.8 Å². The Hall–Kier alpha value is -0.0400.